The number of unbranched alkanes of at least 4 members (excludes halogenated alkanes) is 2. The van der Waals surface area contributed by atoms with E-state index in [4.69, 9.17) is 5.26 Å². The van der Waals surface area contributed by atoms with Gasteiger partial charge >= 0.3 is 0 Å². The minimum atomic E-state index is -3.96. The number of sulfonamides is 1. The van der Waals surface area contributed by atoms with Gasteiger partial charge in [0.1, 0.15) is 10.7 Å². The molecule has 6 nitrogen and oxygen atoms in total. The Balaban J connectivity index is 1.99. The van der Waals surface area contributed by atoms with E-state index in [2.05, 4.69) is 21.1 Å². The quantitative estimate of drug-likeness (QED) is 0.699. The van der Waals surface area contributed by atoms with E-state index in [1.54, 1.807) is 0 Å². The minimum Gasteiger partial charge on any atom is -0.370 e. The summed E-state index contributed by atoms with van der Waals surface area (Å²) in [6.45, 7) is 0.619. The fraction of sp³-hybridized carbons (Fsp3) is 0.250. The van der Waals surface area contributed by atoms with Crippen molar-refractivity contribution in [2.75, 3.05) is 16.6 Å². The first-order valence-electron chi connectivity index (χ1n) is 7.47. The molecule has 0 atom stereocenters. The van der Waals surface area contributed by atoms with Crippen molar-refractivity contribution in [3.05, 3.63) is 48.2 Å². The molecule has 25 heavy (non-hydrogen) atoms. The summed E-state index contributed by atoms with van der Waals surface area (Å²) in [5.41, 5.74) is -0.0846. The molecule has 0 radical (unpaired) electrons. The Morgan fingerprint density at radius 1 is 1.12 bits per heavy atom. The molecular weight excluding hydrogens is 350 g/mol. The van der Waals surface area contributed by atoms with Crippen LogP contribution in [0.4, 0.5) is 20.3 Å². The number of halogens is 2. The summed E-state index contributed by atoms with van der Waals surface area (Å²) in [5, 5.41) is 11.5. The van der Waals surface area contributed by atoms with Crippen LogP contribution in [-0.4, -0.2) is 19.9 Å². The average molecular weight is 366 g/mol. The van der Waals surface area contributed by atoms with Gasteiger partial charge in [-0.25, -0.2) is 22.2 Å². The Kier molecular flexibility index (Phi) is 6.25. The van der Waals surface area contributed by atoms with Gasteiger partial charge in [-0.05, 0) is 37.1 Å². The lowest BCUT2D eigenvalue weighted by Gasteiger charge is -2.09. The van der Waals surface area contributed by atoms with Crippen LogP contribution in [0.15, 0.2) is 41.4 Å². The van der Waals surface area contributed by atoms with Crippen LogP contribution in [0.5, 0.6) is 0 Å². The van der Waals surface area contributed by atoms with E-state index in [0.717, 1.165) is 31.0 Å². The van der Waals surface area contributed by atoms with Crippen LogP contribution in [-0.2, 0) is 10.0 Å². The summed E-state index contributed by atoms with van der Waals surface area (Å²) in [6.07, 6.45) is 3.23. The summed E-state index contributed by atoms with van der Waals surface area (Å²) < 4.78 is 52.7. The van der Waals surface area contributed by atoms with Crippen LogP contribution in [0.25, 0.3) is 0 Å². The molecular formula is C16H16F2N4O2S. The molecule has 0 saturated heterocycles. The predicted octanol–water partition coefficient (Wildman–Crippen LogP) is 3.27. The third-order valence-electron chi connectivity index (χ3n) is 3.24. The molecule has 1 heterocycles. The maximum Gasteiger partial charge on any atom is 0.263 e. The Bertz CT molecular complexity index is 865. The van der Waals surface area contributed by atoms with Crippen molar-refractivity contribution in [3.8, 4) is 6.07 Å². The van der Waals surface area contributed by atoms with Crippen LogP contribution >= 0.6 is 0 Å². The molecule has 2 aromatic rings. The van der Waals surface area contributed by atoms with Crippen molar-refractivity contribution >= 4 is 21.5 Å². The van der Waals surface area contributed by atoms with Crippen LogP contribution in [0, 0.1) is 23.0 Å². The molecule has 2 N–H and O–H groups in total. The van der Waals surface area contributed by atoms with Crippen LogP contribution in [0.1, 0.15) is 19.3 Å². The lowest BCUT2D eigenvalue weighted by molar-refractivity contribution is 0.509. The molecule has 0 aliphatic carbocycles. The highest BCUT2D eigenvalue weighted by Crippen LogP contribution is 2.18. The largest absolute Gasteiger partial charge is 0.370 e. The second kappa shape index (κ2) is 8.39. The van der Waals surface area contributed by atoms with Crippen molar-refractivity contribution in [2.45, 2.75) is 24.2 Å². The fourth-order valence-electron chi connectivity index (χ4n) is 1.96. The number of nitrogens with zero attached hydrogens (tertiary/aromatic N) is 2. The van der Waals surface area contributed by atoms with Crippen molar-refractivity contribution in [3.63, 3.8) is 0 Å². The van der Waals surface area contributed by atoms with Crippen molar-refractivity contribution in [1.82, 2.24) is 4.98 Å². The van der Waals surface area contributed by atoms with Gasteiger partial charge in [0.25, 0.3) is 10.0 Å². The molecule has 2 rings (SSSR count). The molecule has 1 aromatic carbocycles. The smallest absolute Gasteiger partial charge is 0.263 e. The van der Waals surface area contributed by atoms with Crippen LogP contribution in [0.3, 0.4) is 0 Å². The zero-order chi connectivity index (χ0) is 18.3. The molecule has 1 aromatic heterocycles. The van der Waals surface area contributed by atoms with E-state index in [1.165, 1.54) is 18.3 Å². The normalized spacial score (nSPS) is 10.9. The average Bonchev–Trinajstić information content (AvgIpc) is 2.58. The van der Waals surface area contributed by atoms with Gasteiger partial charge in [-0.1, -0.05) is 0 Å². The van der Waals surface area contributed by atoms with Gasteiger partial charge in [-0.2, -0.15) is 5.26 Å². The zero-order valence-corrected chi connectivity index (χ0v) is 14.0. The van der Waals surface area contributed by atoms with Gasteiger partial charge < -0.3 is 5.32 Å². The third kappa shape index (κ3) is 5.39. The van der Waals surface area contributed by atoms with E-state index in [9.17, 15) is 17.2 Å². The maximum atomic E-state index is 13.2. The number of nitriles is 1. The molecule has 9 heteroatoms. The monoisotopic (exact) mass is 366 g/mol. The molecule has 132 valence electrons. The molecule has 0 amide bonds. The number of rotatable bonds is 8. The first-order valence-corrected chi connectivity index (χ1v) is 8.95. The van der Waals surface area contributed by atoms with Crippen LogP contribution < -0.4 is 10.0 Å². The standard InChI is InChI=1S/C16H16F2N4O2S/c17-14-6-4-12(10-15(14)18)22-25(23,24)13-5-7-16(21-11-13)20-9-3-1-2-8-19/h4-7,10-11,22H,1-3,9H2,(H,20,21). The SMILES string of the molecule is N#CCCCCNc1ccc(S(=O)(=O)Nc2ccc(F)c(F)c2)cn1. The first-order chi connectivity index (χ1) is 11.9. The summed E-state index contributed by atoms with van der Waals surface area (Å²) in [6, 6.07) is 7.64. The lowest BCUT2D eigenvalue weighted by atomic mass is 10.2. The number of aromatic nitrogens is 1. The first kappa shape index (κ1) is 18.6. The topological polar surface area (TPSA) is 94.9 Å². The number of nitrogens with one attached hydrogen (secondary N) is 2. The van der Waals surface area contributed by atoms with Crippen molar-refractivity contribution in [1.29, 1.82) is 5.26 Å². The van der Waals surface area contributed by atoms with Gasteiger partial charge in [-0.15, -0.1) is 0 Å². The molecule has 0 aliphatic rings. The zero-order valence-electron chi connectivity index (χ0n) is 13.2. The maximum absolute atomic E-state index is 13.2. The number of benzene rings is 1. The minimum absolute atomic E-state index is 0.0846. The summed E-state index contributed by atoms with van der Waals surface area (Å²) in [7, 11) is -3.96. The molecule has 0 bridgehead atoms. The van der Waals surface area contributed by atoms with Gasteiger partial charge in [0.15, 0.2) is 11.6 Å². The fourth-order valence-corrected chi connectivity index (χ4v) is 2.96. The van der Waals surface area contributed by atoms with E-state index < -0.39 is 21.7 Å². The highest BCUT2D eigenvalue weighted by Gasteiger charge is 2.15. The van der Waals surface area contributed by atoms with Gasteiger partial charge in [0, 0.05) is 25.2 Å². The van der Waals surface area contributed by atoms with Crippen LogP contribution in [0.2, 0.25) is 0 Å². The molecule has 0 spiro atoms. The molecule has 0 fully saturated rings. The van der Waals surface area contributed by atoms with Gasteiger partial charge in [0.05, 0.1) is 11.8 Å². The highest BCUT2D eigenvalue weighted by atomic mass is 32.2. The molecule has 0 saturated carbocycles. The van der Waals surface area contributed by atoms with Crippen molar-refractivity contribution < 1.29 is 17.2 Å². The number of hydrogen-bond acceptors (Lipinski definition) is 5. The lowest BCUT2D eigenvalue weighted by Crippen LogP contribution is -2.14. The second-order valence-electron chi connectivity index (χ2n) is 5.16. The van der Waals surface area contributed by atoms with E-state index in [-0.39, 0.29) is 10.6 Å². The Morgan fingerprint density at radius 3 is 2.56 bits per heavy atom. The molecule has 0 unspecified atom stereocenters. The Hall–Kier alpha value is -2.73. The number of anilines is 2. The predicted molar refractivity (Wildman–Crippen MR) is 89.4 cm³/mol. The summed E-state index contributed by atoms with van der Waals surface area (Å²) in [4.78, 5) is 3.90. The van der Waals surface area contributed by atoms with E-state index in [0.29, 0.717) is 18.8 Å². The van der Waals surface area contributed by atoms with E-state index >= 15 is 0 Å². The molecule has 0 aliphatic heterocycles. The van der Waals surface area contributed by atoms with E-state index in [1.807, 2.05) is 0 Å². The highest BCUT2D eigenvalue weighted by molar-refractivity contribution is 7.92. The summed E-state index contributed by atoms with van der Waals surface area (Å²) in [5.74, 6) is -1.70. The number of pyridine rings is 1. The number of hydrogen-bond donors (Lipinski definition) is 2. The second-order valence-corrected chi connectivity index (χ2v) is 6.84. The third-order valence-corrected chi connectivity index (χ3v) is 4.61. The van der Waals surface area contributed by atoms with Crippen molar-refractivity contribution in [2.24, 2.45) is 0 Å². The Labute approximate surface area is 144 Å². The summed E-state index contributed by atoms with van der Waals surface area (Å²) >= 11 is 0. The van der Waals surface area contributed by atoms with Gasteiger partial charge in [0.2, 0.25) is 0 Å². The van der Waals surface area contributed by atoms with Gasteiger partial charge in [-0.3, -0.25) is 4.72 Å². The Morgan fingerprint density at radius 2 is 1.92 bits per heavy atom.